The van der Waals surface area contributed by atoms with Crippen molar-refractivity contribution in [1.29, 1.82) is 0 Å². The lowest BCUT2D eigenvalue weighted by Gasteiger charge is -2.20. The third-order valence-electron chi connectivity index (χ3n) is 4.04. The Labute approximate surface area is 189 Å². The summed E-state index contributed by atoms with van der Waals surface area (Å²) in [5.41, 5.74) is 3.67. The average molecular weight is 493 g/mol. The maximum absolute atomic E-state index is 12.5. The first-order valence-corrected chi connectivity index (χ1v) is 10.4. The zero-order chi connectivity index (χ0) is 22.1. The minimum atomic E-state index is -0.744. The summed E-state index contributed by atoms with van der Waals surface area (Å²) in [4.78, 5) is 25.0. The van der Waals surface area contributed by atoms with Crippen LogP contribution in [0.15, 0.2) is 64.7 Å². The van der Waals surface area contributed by atoms with E-state index in [1.165, 1.54) is 6.21 Å². The van der Waals surface area contributed by atoms with Crippen molar-refractivity contribution in [1.82, 2.24) is 10.7 Å². The average Bonchev–Trinajstić information content (AvgIpc) is 2.71. The zero-order valence-corrected chi connectivity index (χ0v) is 19.0. The van der Waals surface area contributed by atoms with Crippen molar-refractivity contribution < 1.29 is 14.3 Å². The van der Waals surface area contributed by atoms with Gasteiger partial charge in [-0.2, -0.15) is 5.10 Å². The minimum absolute atomic E-state index is 0.133. The van der Waals surface area contributed by atoms with Crippen LogP contribution in [0.3, 0.4) is 0 Å². The van der Waals surface area contributed by atoms with E-state index in [1.54, 1.807) is 42.5 Å². The van der Waals surface area contributed by atoms with Gasteiger partial charge in [-0.05, 0) is 69.9 Å². The van der Waals surface area contributed by atoms with Gasteiger partial charge in [0.2, 0.25) is 0 Å². The minimum Gasteiger partial charge on any atom is -0.488 e. The number of hydrogen-bond acceptors (Lipinski definition) is 4. The van der Waals surface area contributed by atoms with Gasteiger partial charge in [-0.3, -0.25) is 9.59 Å². The van der Waals surface area contributed by atoms with Gasteiger partial charge in [-0.15, -0.1) is 0 Å². The highest BCUT2D eigenvalue weighted by Crippen LogP contribution is 2.25. The summed E-state index contributed by atoms with van der Waals surface area (Å²) in [6.45, 7) is 7.70. The van der Waals surface area contributed by atoms with Crippen LogP contribution in [0.2, 0.25) is 5.02 Å². The molecule has 0 spiro atoms. The fourth-order valence-electron chi connectivity index (χ4n) is 2.46. The highest BCUT2D eigenvalue weighted by atomic mass is 79.9. The van der Waals surface area contributed by atoms with E-state index in [-0.39, 0.29) is 11.8 Å². The lowest BCUT2D eigenvalue weighted by atomic mass is 10.0. The molecule has 158 valence electrons. The maximum Gasteiger partial charge on any atom is 0.262 e. The first-order chi connectivity index (χ1) is 14.3. The van der Waals surface area contributed by atoms with Gasteiger partial charge in [-0.1, -0.05) is 38.1 Å². The van der Waals surface area contributed by atoms with Crippen LogP contribution >= 0.6 is 27.5 Å². The summed E-state index contributed by atoms with van der Waals surface area (Å²) in [6.07, 6.45) is 3.17. The summed E-state index contributed by atoms with van der Waals surface area (Å²) >= 11 is 9.28. The number of ether oxygens (including phenoxy) is 1. The summed E-state index contributed by atoms with van der Waals surface area (Å²) in [7, 11) is 0. The molecule has 30 heavy (non-hydrogen) atoms. The fraction of sp³-hybridized carbons (Fsp3) is 0.227. The van der Waals surface area contributed by atoms with Crippen LogP contribution in [0.25, 0.3) is 0 Å². The Balaban J connectivity index is 1.99. The van der Waals surface area contributed by atoms with Crippen molar-refractivity contribution in [2.75, 3.05) is 6.61 Å². The molecule has 0 radical (unpaired) electrons. The number of hydrogen-bond donors (Lipinski definition) is 2. The Morgan fingerprint density at radius 1 is 1.23 bits per heavy atom. The summed E-state index contributed by atoms with van der Waals surface area (Å²) in [5.74, 6) is -0.218. The molecule has 0 bridgehead atoms. The van der Waals surface area contributed by atoms with Crippen LogP contribution in [-0.2, 0) is 4.79 Å². The monoisotopic (exact) mass is 491 g/mol. The molecular formula is C22H23BrClN3O3. The van der Waals surface area contributed by atoms with Crippen LogP contribution in [0, 0.1) is 5.92 Å². The van der Waals surface area contributed by atoms with Crippen molar-refractivity contribution in [2.45, 2.75) is 19.9 Å². The molecule has 2 aromatic rings. The Bertz CT molecular complexity index is 930. The molecule has 0 aliphatic rings. The summed E-state index contributed by atoms with van der Waals surface area (Å²) in [5, 5.41) is 7.27. The van der Waals surface area contributed by atoms with E-state index in [0.29, 0.717) is 22.9 Å². The van der Waals surface area contributed by atoms with E-state index < -0.39 is 11.9 Å². The number of hydrazone groups is 1. The second-order valence-electron chi connectivity index (χ2n) is 6.73. The number of carbonyl (C=O) groups excluding carboxylic acids is 2. The molecule has 0 saturated heterocycles. The van der Waals surface area contributed by atoms with Crippen LogP contribution in [0.4, 0.5) is 0 Å². The smallest absolute Gasteiger partial charge is 0.262 e. The van der Waals surface area contributed by atoms with Crippen LogP contribution in [-0.4, -0.2) is 30.7 Å². The van der Waals surface area contributed by atoms with Gasteiger partial charge in [0.1, 0.15) is 18.4 Å². The largest absolute Gasteiger partial charge is 0.488 e. The first-order valence-electron chi connectivity index (χ1n) is 9.24. The van der Waals surface area contributed by atoms with Gasteiger partial charge < -0.3 is 10.1 Å². The summed E-state index contributed by atoms with van der Waals surface area (Å²) in [6, 6.07) is 11.1. The van der Waals surface area contributed by atoms with E-state index >= 15 is 0 Å². The van der Waals surface area contributed by atoms with Gasteiger partial charge >= 0.3 is 0 Å². The molecule has 1 atom stereocenters. The van der Waals surface area contributed by atoms with Gasteiger partial charge in [0, 0.05) is 10.6 Å². The molecule has 1 unspecified atom stereocenters. The van der Waals surface area contributed by atoms with Crippen LogP contribution < -0.4 is 15.5 Å². The first kappa shape index (κ1) is 23.6. The number of carbonyl (C=O) groups is 2. The molecule has 2 aromatic carbocycles. The second-order valence-corrected chi connectivity index (χ2v) is 8.02. The van der Waals surface area contributed by atoms with Gasteiger partial charge in [0.15, 0.2) is 0 Å². The third kappa shape index (κ3) is 7.00. The molecule has 2 N–H and O–H groups in total. The SMILES string of the molecule is C=CCOc1ccc(C=NNC(=O)C(NC(=O)c2ccc(Cl)cc2)C(C)C)cc1Br. The van der Waals surface area contributed by atoms with Crippen molar-refractivity contribution in [3.63, 3.8) is 0 Å². The molecule has 0 aliphatic carbocycles. The van der Waals surface area contributed by atoms with E-state index in [4.69, 9.17) is 16.3 Å². The van der Waals surface area contributed by atoms with Gasteiger partial charge in [0.25, 0.3) is 11.8 Å². The lowest BCUT2D eigenvalue weighted by Crippen LogP contribution is -2.48. The molecule has 8 heteroatoms. The van der Waals surface area contributed by atoms with E-state index in [9.17, 15) is 9.59 Å². The number of benzene rings is 2. The van der Waals surface area contributed by atoms with Gasteiger partial charge in [-0.25, -0.2) is 5.43 Å². The van der Waals surface area contributed by atoms with Crippen LogP contribution in [0.5, 0.6) is 5.75 Å². The highest BCUT2D eigenvalue weighted by Gasteiger charge is 2.24. The molecule has 0 heterocycles. The predicted molar refractivity (Wildman–Crippen MR) is 123 cm³/mol. The molecule has 0 saturated carbocycles. The van der Waals surface area contributed by atoms with Crippen LogP contribution in [0.1, 0.15) is 29.8 Å². The molecule has 0 aliphatic heterocycles. The molecule has 0 fully saturated rings. The van der Waals surface area contributed by atoms with Crippen molar-refractivity contribution in [3.8, 4) is 5.75 Å². The molecular weight excluding hydrogens is 470 g/mol. The molecule has 6 nitrogen and oxygen atoms in total. The number of nitrogens with one attached hydrogen (secondary N) is 2. The van der Waals surface area contributed by atoms with Gasteiger partial charge in [0.05, 0.1) is 10.7 Å². The highest BCUT2D eigenvalue weighted by molar-refractivity contribution is 9.10. The molecule has 0 aromatic heterocycles. The Morgan fingerprint density at radius 2 is 1.93 bits per heavy atom. The summed E-state index contributed by atoms with van der Waals surface area (Å²) < 4.78 is 6.25. The van der Waals surface area contributed by atoms with E-state index in [1.807, 2.05) is 19.9 Å². The van der Waals surface area contributed by atoms with E-state index in [0.717, 1.165) is 10.0 Å². The topological polar surface area (TPSA) is 79.8 Å². The number of amides is 2. The zero-order valence-electron chi connectivity index (χ0n) is 16.7. The van der Waals surface area contributed by atoms with E-state index in [2.05, 4.69) is 38.4 Å². The lowest BCUT2D eigenvalue weighted by molar-refractivity contribution is -0.123. The predicted octanol–water partition coefficient (Wildman–Crippen LogP) is 4.57. The van der Waals surface area contributed by atoms with Crippen molar-refractivity contribution >= 4 is 45.6 Å². The Hall–Kier alpha value is -2.64. The maximum atomic E-state index is 12.5. The standard InChI is InChI=1S/C22H23BrClN3O3/c1-4-11-30-19-10-5-15(12-18(19)23)13-25-27-22(29)20(14(2)3)26-21(28)16-6-8-17(24)9-7-16/h4-10,12-14,20H,1,11H2,2-3H3,(H,26,28)(H,27,29). The fourth-order valence-corrected chi connectivity index (χ4v) is 3.10. The van der Waals surface area contributed by atoms with Crippen molar-refractivity contribution in [3.05, 3.63) is 75.7 Å². The van der Waals surface area contributed by atoms with Crippen molar-refractivity contribution in [2.24, 2.45) is 11.0 Å². The Kier molecular flexibility index (Phi) is 9.08. The third-order valence-corrected chi connectivity index (χ3v) is 4.91. The number of rotatable bonds is 9. The molecule has 2 amide bonds. The Morgan fingerprint density at radius 3 is 2.53 bits per heavy atom. The number of nitrogens with zero attached hydrogens (tertiary/aromatic N) is 1. The quantitative estimate of drug-likeness (QED) is 0.306. The number of halogens is 2. The normalized spacial score (nSPS) is 11.9. The second kappa shape index (κ2) is 11.5. The molecule has 2 rings (SSSR count).